The van der Waals surface area contributed by atoms with E-state index in [1.807, 2.05) is 0 Å². The van der Waals surface area contributed by atoms with Crippen molar-refractivity contribution in [1.29, 1.82) is 0 Å². The molecule has 1 nitrogen and oxygen atoms in total. The summed E-state index contributed by atoms with van der Waals surface area (Å²) in [5.41, 5.74) is 3.39. The van der Waals surface area contributed by atoms with Crippen LogP contribution in [0.1, 0.15) is 50.7 Å². The van der Waals surface area contributed by atoms with E-state index in [0.717, 1.165) is 11.8 Å². The molecule has 0 radical (unpaired) electrons. The summed E-state index contributed by atoms with van der Waals surface area (Å²) in [5, 5.41) is 3.83. The maximum Gasteiger partial charge on any atom is 0.0463 e. The first-order valence-electron chi connectivity index (χ1n) is 7.55. The van der Waals surface area contributed by atoms with Gasteiger partial charge in [0.1, 0.15) is 0 Å². The highest BCUT2D eigenvalue weighted by atomic mass is 15.0. The smallest absolute Gasteiger partial charge is 0.0463 e. The van der Waals surface area contributed by atoms with Crippen LogP contribution in [0.15, 0.2) is 24.3 Å². The highest BCUT2D eigenvalue weighted by molar-refractivity contribution is 5.33. The van der Waals surface area contributed by atoms with Gasteiger partial charge in [0.05, 0.1) is 0 Å². The van der Waals surface area contributed by atoms with Gasteiger partial charge in [0.25, 0.3) is 0 Å². The number of rotatable bonds is 4. The van der Waals surface area contributed by atoms with Crippen molar-refractivity contribution in [1.82, 2.24) is 5.32 Å². The van der Waals surface area contributed by atoms with Crippen LogP contribution in [0, 0.1) is 11.8 Å². The molecule has 1 heterocycles. The van der Waals surface area contributed by atoms with Gasteiger partial charge in [-0.2, -0.15) is 0 Å². The van der Waals surface area contributed by atoms with Crippen LogP contribution < -0.4 is 5.32 Å². The molecule has 1 aliphatic heterocycles. The Morgan fingerprint density at radius 1 is 1.33 bits per heavy atom. The average molecular weight is 243 g/mol. The third-order valence-corrected chi connectivity index (χ3v) is 4.55. The van der Waals surface area contributed by atoms with Crippen LogP contribution in [0.2, 0.25) is 0 Å². The number of benzene rings is 1. The zero-order chi connectivity index (χ0) is 12.6. The quantitative estimate of drug-likeness (QED) is 0.846. The first kappa shape index (κ1) is 12.2. The van der Waals surface area contributed by atoms with Crippen LogP contribution in [-0.4, -0.2) is 6.54 Å². The number of hydrogen-bond acceptors (Lipinski definition) is 1. The van der Waals surface area contributed by atoms with E-state index in [1.54, 1.807) is 5.56 Å². The highest BCUT2D eigenvalue weighted by Gasteiger charge is 2.47. The van der Waals surface area contributed by atoms with Gasteiger partial charge in [-0.25, -0.2) is 0 Å². The second-order valence-electron chi connectivity index (χ2n) is 6.57. The summed E-state index contributed by atoms with van der Waals surface area (Å²) in [4.78, 5) is 0. The summed E-state index contributed by atoms with van der Waals surface area (Å²) in [6.07, 6.45) is 6.71. The fourth-order valence-electron chi connectivity index (χ4n) is 3.62. The van der Waals surface area contributed by atoms with E-state index >= 15 is 0 Å². The Bertz CT molecular complexity index is 411. The summed E-state index contributed by atoms with van der Waals surface area (Å²) >= 11 is 0. The Hall–Kier alpha value is -0.820. The molecule has 1 atom stereocenters. The first-order chi connectivity index (χ1) is 8.71. The maximum absolute atomic E-state index is 3.83. The van der Waals surface area contributed by atoms with Crippen molar-refractivity contribution in [2.75, 3.05) is 6.54 Å². The molecule has 1 saturated carbocycles. The Labute approximate surface area is 111 Å². The Balaban J connectivity index is 1.90. The van der Waals surface area contributed by atoms with Crippen molar-refractivity contribution in [3.8, 4) is 0 Å². The SMILES string of the molecule is CC(C)Cc1cccc(C2(C3CC3)CCCN2)c1. The normalized spacial score (nSPS) is 27.9. The minimum atomic E-state index is 0.326. The van der Waals surface area contributed by atoms with Gasteiger partial charge in [-0.05, 0) is 61.6 Å². The molecule has 0 spiro atoms. The van der Waals surface area contributed by atoms with E-state index in [0.29, 0.717) is 5.54 Å². The van der Waals surface area contributed by atoms with E-state index in [2.05, 4.69) is 43.4 Å². The summed E-state index contributed by atoms with van der Waals surface area (Å²) < 4.78 is 0. The lowest BCUT2D eigenvalue weighted by Crippen LogP contribution is -2.39. The maximum atomic E-state index is 3.83. The van der Waals surface area contributed by atoms with E-state index in [9.17, 15) is 0 Å². The van der Waals surface area contributed by atoms with Crippen LogP contribution in [0.25, 0.3) is 0 Å². The average Bonchev–Trinajstić information content (AvgIpc) is 3.08. The third kappa shape index (κ3) is 2.21. The number of nitrogens with one attached hydrogen (secondary N) is 1. The lowest BCUT2D eigenvalue weighted by molar-refractivity contribution is 0.336. The van der Waals surface area contributed by atoms with Gasteiger partial charge in [-0.15, -0.1) is 0 Å². The Kier molecular flexibility index (Phi) is 3.19. The minimum Gasteiger partial charge on any atom is -0.307 e. The highest BCUT2D eigenvalue weighted by Crippen LogP contribution is 2.50. The van der Waals surface area contributed by atoms with Crippen LogP contribution in [0.3, 0.4) is 0 Å². The fraction of sp³-hybridized carbons (Fsp3) is 0.647. The van der Waals surface area contributed by atoms with Crippen molar-refractivity contribution >= 4 is 0 Å². The zero-order valence-electron chi connectivity index (χ0n) is 11.7. The van der Waals surface area contributed by atoms with Crippen LogP contribution in [0.4, 0.5) is 0 Å². The first-order valence-corrected chi connectivity index (χ1v) is 7.55. The molecular weight excluding hydrogens is 218 g/mol. The largest absolute Gasteiger partial charge is 0.307 e. The zero-order valence-corrected chi connectivity index (χ0v) is 11.7. The van der Waals surface area contributed by atoms with Gasteiger partial charge >= 0.3 is 0 Å². The third-order valence-electron chi connectivity index (χ3n) is 4.55. The van der Waals surface area contributed by atoms with Crippen molar-refractivity contribution in [3.05, 3.63) is 35.4 Å². The molecule has 0 aromatic heterocycles. The second kappa shape index (κ2) is 4.70. The molecule has 0 amide bonds. The monoisotopic (exact) mass is 243 g/mol. The molecule has 1 unspecified atom stereocenters. The number of hydrogen-bond donors (Lipinski definition) is 1. The molecule has 1 aromatic carbocycles. The molecule has 3 rings (SSSR count). The van der Waals surface area contributed by atoms with E-state index in [1.165, 1.54) is 44.2 Å². The molecule has 2 fully saturated rings. The van der Waals surface area contributed by atoms with Gasteiger partial charge in [0, 0.05) is 5.54 Å². The predicted octanol–water partition coefficient (Wildman–Crippen LogP) is 3.87. The molecule has 1 heteroatoms. The topological polar surface area (TPSA) is 12.0 Å². The van der Waals surface area contributed by atoms with Gasteiger partial charge in [0.2, 0.25) is 0 Å². The van der Waals surface area contributed by atoms with Crippen molar-refractivity contribution in [2.24, 2.45) is 11.8 Å². The molecule has 1 aromatic rings. The Morgan fingerprint density at radius 2 is 2.17 bits per heavy atom. The van der Waals surface area contributed by atoms with E-state index in [-0.39, 0.29) is 0 Å². The van der Waals surface area contributed by atoms with Crippen LogP contribution in [-0.2, 0) is 12.0 Å². The standard InChI is InChI=1S/C17H25N/c1-13(2)11-14-5-3-6-16(12-14)17(15-7-8-15)9-4-10-18-17/h3,5-6,12-13,15,18H,4,7-11H2,1-2H3. The minimum absolute atomic E-state index is 0.326. The van der Waals surface area contributed by atoms with Gasteiger partial charge < -0.3 is 5.32 Å². The molecule has 18 heavy (non-hydrogen) atoms. The van der Waals surface area contributed by atoms with Crippen LogP contribution >= 0.6 is 0 Å². The predicted molar refractivity (Wildman–Crippen MR) is 76.6 cm³/mol. The van der Waals surface area contributed by atoms with Gasteiger partial charge in [-0.1, -0.05) is 38.1 Å². The molecule has 1 aliphatic carbocycles. The fourth-order valence-corrected chi connectivity index (χ4v) is 3.62. The molecule has 1 N–H and O–H groups in total. The Morgan fingerprint density at radius 3 is 2.78 bits per heavy atom. The van der Waals surface area contributed by atoms with Crippen molar-refractivity contribution in [2.45, 2.75) is 51.5 Å². The van der Waals surface area contributed by atoms with E-state index in [4.69, 9.17) is 0 Å². The lowest BCUT2D eigenvalue weighted by atomic mass is 9.82. The lowest BCUT2D eigenvalue weighted by Gasteiger charge is -2.31. The van der Waals surface area contributed by atoms with E-state index < -0.39 is 0 Å². The molecule has 0 bridgehead atoms. The second-order valence-corrected chi connectivity index (χ2v) is 6.57. The molecule has 2 aliphatic rings. The van der Waals surface area contributed by atoms with Gasteiger partial charge in [-0.3, -0.25) is 0 Å². The summed E-state index contributed by atoms with van der Waals surface area (Å²) in [7, 11) is 0. The summed E-state index contributed by atoms with van der Waals surface area (Å²) in [6, 6.07) is 9.37. The molecule has 98 valence electrons. The molecule has 1 saturated heterocycles. The van der Waals surface area contributed by atoms with Crippen LogP contribution in [0.5, 0.6) is 0 Å². The summed E-state index contributed by atoms with van der Waals surface area (Å²) in [5.74, 6) is 1.64. The van der Waals surface area contributed by atoms with Crippen molar-refractivity contribution in [3.63, 3.8) is 0 Å². The molecular formula is C17H25N. The van der Waals surface area contributed by atoms with Gasteiger partial charge in [0.15, 0.2) is 0 Å². The summed E-state index contributed by atoms with van der Waals surface area (Å²) in [6.45, 7) is 5.80. The van der Waals surface area contributed by atoms with Crippen molar-refractivity contribution < 1.29 is 0 Å².